The van der Waals surface area contributed by atoms with Crippen LogP contribution in [0.2, 0.25) is 0 Å². The number of hydrogen-bond donors (Lipinski definition) is 2. The first-order valence-corrected chi connectivity index (χ1v) is 7.86. The van der Waals surface area contributed by atoms with E-state index in [4.69, 9.17) is 4.74 Å². The Labute approximate surface area is 133 Å². The van der Waals surface area contributed by atoms with Gasteiger partial charge in [-0.3, -0.25) is 9.59 Å². The van der Waals surface area contributed by atoms with Crippen molar-refractivity contribution < 1.29 is 14.3 Å². The standard InChI is InChI=1S/C16H18N2O3S/c1-21-9-4-8-17-16(20)13-5-2-3-6-14(13)18-15(19)12-7-10-22-11-12/h2-3,5-7,10-11H,4,8-9H2,1H3,(H,17,20)(H,18,19). The quantitative estimate of drug-likeness (QED) is 0.771. The first kappa shape index (κ1) is 16.2. The Kier molecular flexibility index (Phi) is 6.12. The van der Waals surface area contributed by atoms with Crippen molar-refractivity contribution in [3.63, 3.8) is 0 Å². The summed E-state index contributed by atoms with van der Waals surface area (Å²) in [5.41, 5.74) is 1.53. The second-order valence-corrected chi connectivity index (χ2v) is 5.39. The number of nitrogens with one attached hydrogen (secondary N) is 2. The zero-order valence-electron chi connectivity index (χ0n) is 12.3. The summed E-state index contributed by atoms with van der Waals surface area (Å²) in [4.78, 5) is 24.3. The van der Waals surface area contributed by atoms with Gasteiger partial charge in [-0.2, -0.15) is 11.3 Å². The number of ether oxygens (including phenoxy) is 1. The van der Waals surface area contributed by atoms with Gasteiger partial charge in [0.2, 0.25) is 0 Å². The number of amides is 2. The predicted octanol–water partition coefficient (Wildman–Crippen LogP) is 2.77. The minimum atomic E-state index is -0.221. The molecular formula is C16H18N2O3S. The number of carbonyl (C=O) groups excluding carboxylic acids is 2. The third-order valence-electron chi connectivity index (χ3n) is 3.01. The second-order valence-electron chi connectivity index (χ2n) is 4.61. The lowest BCUT2D eigenvalue weighted by Gasteiger charge is -2.11. The molecule has 1 aromatic heterocycles. The number of hydrogen-bond acceptors (Lipinski definition) is 4. The molecule has 2 aromatic rings. The van der Waals surface area contributed by atoms with Crippen LogP contribution in [0.25, 0.3) is 0 Å². The maximum Gasteiger partial charge on any atom is 0.256 e. The smallest absolute Gasteiger partial charge is 0.256 e. The average Bonchev–Trinajstić information content (AvgIpc) is 3.06. The molecule has 0 fully saturated rings. The summed E-state index contributed by atoms with van der Waals surface area (Å²) >= 11 is 1.45. The maximum atomic E-state index is 12.2. The Morgan fingerprint density at radius 3 is 2.73 bits per heavy atom. The first-order valence-electron chi connectivity index (χ1n) is 6.92. The number of para-hydroxylation sites is 1. The van der Waals surface area contributed by atoms with Gasteiger partial charge in [-0.05, 0) is 30.0 Å². The molecule has 2 rings (SSSR count). The van der Waals surface area contributed by atoms with E-state index in [2.05, 4.69) is 10.6 Å². The number of carbonyl (C=O) groups is 2. The Balaban J connectivity index is 2.03. The van der Waals surface area contributed by atoms with Crippen molar-refractivity contribution in [2.45, 2.75) is 6.42 Å². The van der Waals surface area contributed by atoms with Gasteiger partial charge in [0.25, 0.3) is 11.8 Å². The zero-order valence-corrected chi connectivity index (χ0v) is 13.1. The molecule has 6 heteroatoms. The molecule has 0 radical (unpaired) electrons. The molecule has 0 saturated heterocycles. The number of methoxy groups -OCH3 is 1. The Hall–Kier alpha value is -2.18. The summed E-state index contributed by atoms with van der Waals surface area (Å²) in [6, 6.07) is 8.70. The lowest BCUT2D eigenvalue weighted by atomic mass is 10.1. The van der Waals surface area contributed by atoms with Crippen LogP contribution < -0.4 is 10.6 Å². The van der Waals surface area contributed by atoms with E-state index in [-0.39, 0.29) is 11.8 Å². The molecule has 1 heterocycles. The summed E-state index contributed by atoms with van der Waals surface area (Å²) < 4.78 is 4.94. The van der Waals surface area contributed by atoms with E-state index >= 15 is 0 Å². The van der Waals surface area contributed by atoms with Gasteiger partial charge in [-0.25, -0.2) is 0 Å². The molecule has 0 aliphatic carbocycles. The Morgan fingerprint density at radius 1 is 1.18 bits per heavy atom. The molecule has 2 amide bonds. The second kappa shape index (κ2) is 8.31. The van der Waals surface area contributed by atoms with Crippen LogP contribution in [0.4, 0.5) is 5.69 Å². The molecule has 0 unspecified atom stereocenters. The lowest BCUT2D eigenvalue weighted by molar-refractivity contribution is 0.0949. The molecule has 0 aliphatic rings. The van der Waals surface area contributed by atoms with Crippen molar-refractivity contribution in [3.05, 3.63) is 52.2 Å². The number of thiophene rings is 1. The van der Waals surface area contributed by atoms with Crippen LogP contribution in [0.15, 0.2) is 41.1 Å². The SMILES string of the molecule is COCCCNC(=O)c1ccccc1NC(=O)c1ccsc1. The molecule has 0 aliphatic heterocycles. The van der Waals surface area contributed by atoms with Gasteiger partial charge in [0, 0.05) is 25.6 Å². The molecule has 116 valence electrons. The van der Waals surface area contributed by atoms with Crippen LogP contribution >= 0.6 is 11.3 Å². The molecule has 0 bridgehead atoms. The average molecular weight is 318 g/mol. The summed E-state index contributed by atoms with van der Waals surface area (Å²) in [7, 11) is 1.62. The first-order chi connectivity index (χ1) is 10.7. The largest absolute Gasteiger partial charge is 0.385 e. The van der Waals surface area contributed by atoms with Crippen molar-refractivity contribution >= 4 is 28.8 Å². The molecule has 22 heavy (non-hydrogen) atoms. The van der Waals surface area contributed by atoms with Crippen molar-refractivity contribution in [1.82, 2.24) is 5.32 Å². The minimum Gasteiger partial charge on any atom is -0.385 e. The minimum absolute atomic E-state index is 0.211. The highest BCUT2D eigenvalue weighted by Gasteiger charge is 2.13. The van der Waals surface area contributed by atoms with Gasteiger partial charge in [0.05, 0.1) is 16.8 Å². The highest BCUT2D eigenvalue weighted by molar-refractivity contribution is 7.08. The van der Waals surface area contributed by atoms with E-state index < -0.39 is 0 Å². The molecule has 2 N–H and O–H groups in total. The molecular weight excluding hydrogens is 300 g/mol. The third-order valence-corrected chi connectivity index (χ3v) is 3.70. The van der Waals surface area contributed by atoms with E-state index in [1.165, 1.54) is 11.3 Å². The molecule has 0 spiro atoms. The van der Waals surface area contributed by atoms with Crippen LogP contribution in [0.5, 0.6) is 0 Å². The summed E-state index contributed by atoms with van der Waals surface area (Å²) in [6.07, 6.45) is 0.742. The van der Waals surface area contributed by atoms with Gasteiger partial charge in [0.1, 0.15) is 0 Å². The fraction of sp³-hybridized carbons (Fsp3) is 0.250. The highest BCUT2D eigenvalue weighted by Crippen LogP contribution is 2.17. The maximum absolute atomic E-state index is 12.2. The van der Waals surface area contributed by atoms with Crippen molar-refractivity contribution in [3.8, 4) is 0 Å². The van der Waals surface area contributed by atoms with E-state index in [0.29, 0.717) is 30.0 Å². The van der Waals surface area contributed by atoms with Crippen LogP contribution in [0.3, 0.4) is 0 Å². The molecule has 0 atom stereocenters. The normalized spacial score (nSPS) is 10.2. The lowest BCUT2D eigenvalue weighted by Crippen LogP contribution is -2.26. The number of benzene rings is 1. The Bertz CT molecular complexity index is 626. The summed E-state index contributed by atoms with van der Waals surface area (Å²) in [5, 5.41) is 9.19. The van der Waals surface area contributed by atoms with Gasteiger partial charge >= 0.3 is 0 Å². The van der Waals surface area contributed by atoms with Gasteiger partial charge < -0.3 is 15.4 Å². The van der Waals surface area contributed by atoms with Crippen molar-refractivity contribution in [1.29, 1.82) is 0 Å². The van der Waals surface area contributed by atoms with Gasteiger partial charge in [-0.1, -0.05) is 12.1 Å². The topological polar surface area (TPSA) is 67.4 Å². The van der Waals surface area contributed by atoms with Crippen LogP contribution in [0.1, 0.15) is 27.1 Å². The third kappa shape index (κ3) is 4.41. The van der Waals surface area contributed by atoms with E-state index in [0.717, 1.165) is 6.42 Å². The van der Waals surface area contributed by atoms with Crippen LogP contribution in [-0.4, -0.2) is 32.1 Å². The number of anilines is 1. The number of rotatable bonds is 7. The van der Waals surface area contributed by atoms with Crippen LogP contribution in [0, 0.1) is 0 Å². The predicted molar refractivity (Wildman–Crippen MR) is 87.5 cm³/mol. The summed E-state index contributed by atoms with van der Waals surface area (Å²) in [6.45, 7) is 1.12. The zero-order chi connectivity index (χ0) is 15.8. The van der Waals surface area contributed by atoms with E-state index in [1.54, 1.807) is 42.8 Å². The van der Waals surface area contributed by atoms with Crippen LogP contribution in [-0.2, 0) is 4.74 Å². The van der Waals surface area contributed by atoms with E-state index in [9.17, 15) is 9.59 Å². The van der Waals surface area contributed by atoms with Crippen molar-refractivity contribution in [2.75, 3.05) is 25.6 Å². The fourth-order valence-corrected chi connectivity index (χ4v) is 2.53. The molecule has 1 aromatic carbocycles. The van der Waals surface area contributed by atoms with Gasteiger partial charge in [-0.15, -0.1) is 0 Å². The molecule has 0 saturated carbocycles. The van der Waals surface area contributed by atoms with Gasteiger partial charge in [0.15, 0.2) is 0 Å². The monoisotopic (exact) mass is 318 g/mol. The van der Waals surface area contributed by atoms with E-state index in [1.807, 2.05) is 5.38 Å². The van der Waals surface area contributed by atoms with Crippen molar-refractivity contribution in [2.24, 2.45) is 0 Å². The summed E-state index contributed by atoms with van der Waals surface area (Å²) in [5.74, 6) is -0.432. The Morgan fingerprint density at radius 2 is 2.00 bits per heavy atom. The highest BCUT2D eigenvalue weighted by atomic mass is 32.1. The fourth-order valence-electron chi connectivity index (χ4n) is 1.89. The molecule has 5 nitrogen and oxygen atoms in total.